The van der Waals surface area contributed by atoms with Gasteiger partial charge in [0.15, 0.2) is 0 Å². The second kappa shape index (κ2) is 6.35. The summed E-state index contributed by atoms with van der Waals surface area (Å²) in [4.78, 5) is 24.1. The third-order valence-electron chi connectivity index (χ3n) is 2.68. The number of ether oxygens (including phenoxy) is 1. The standard InChI is InChI=1S/C11H20N2O3/c1-3-16-11(15)13(2)8-10(14)12-9-6-4-5-7-9/h9H,3-8H2,1-2H3,(H,12,14). The average molecular weight is 228 g/mol. The summed E-state index contributed by atoms with van der Waals surface area (Å²) in [5.74, 6) is -0.109. The quantitative estimate of drug-likeness (QED) is 0.784. The van der Waals surface area contributed by atoms with Gasteiger partial charge >= 0.3 is 6.09 Å². The zero-order chi connectivity index (χ0) is 12.0. The van der Waals surface area contributed by atoms with Gasteiger partial charge in [-0.2, -0.15) is 0 Å². The molecule has 0 aromatic heterocycles. The molecule has 1 N–H and O–H groups in total. The van der Waals surface area contributed by atoms with Gasteiger partial charge in [0.2, 0.25) is 5.91 Å². The molecule has 0 aromatic carbocycles. The van der Waals surface area contributed by atoms with Crippen LogP contribution in [-0.2, 0) is 9.53 Å². The minimum atomic E-state index is -0.455. The van der Waals surface area contributed by atoms with E-state index in [0.717, 1.165) is 12.8 Å². The Morgan fingerprint density at radius 3 is 2.56 bits per heavy atom. The number of hydrogen-bond acceptors (Lipinski definition) is 3. The van der Waals surface area contributed by atoms with Crippen LogP contribution in [0.1, 0.15) is 32.6 Å². The highest BCUT2D eigenvalue weighted by atomic mass is 16.6. The molecule has 0 spiro atoms. The van der Waals surface area contributed by atoms with Gasteiger partial charge in [0.25, 0.3) is 0 Å². The Balaban J connectivity index is 2.24. The van der Waals surface area contributed by atoms with Gasteiger partial charge in [-0.3, -0.25) is 4.79 Å². The molecule has 1 fully saturated rings. The molecule has 16 heavy (non-hydrogen) atoms. The van der Waals surface area contributed by atoms with E-state index in [4.69, 9.17) is 4.74 Å². The van der Waals surface area contributed by atoms with Gasteiger partial charge in [-0.25, -0.2) is 4.79 Å². The third kappa shape index (κ3) is 4.08. The Morgan fingerprint density at radius 2 is 2.00 bits per heavy atom. The molecule has 0 unspecified atom stereocenters. The number of nitrogens with one attached hydrogen (secondary N) is 1. The van der Waals surface area contributed by atoms with Gasteiger partial charge in [-0.1, -0.05) is 12.8 Å². The second-order valence-corrected chi connectivity index (χ2v) is 4.10. The summed E-state index contributed by atoms with van der Waals surface area (Å²) in [7, 11) is 1.56. The second-order valence-electron chi connectivity index (χ2n) is 4.10. The highest BCUT2D eigenvalue weighted by molar-refractivity contribution is 5.82. The molecule has 0 aromatic rings. The molecule has 0 bridgehead atoms. The molecule has 0 aliphatic heterocycles. The lowest BCUT2D eigenvalue weighted by molar-refractivity contribution is -0.122. The van der Waals surface area contributed by atoms with E-state index in [2.05, 4.69) is 5.32 Å². The van der Waals surface area contributed by atoms with E-state index in [0.29, 0.717) is 12.6 Å². The molecule has 5 heteroatoms. The predicted molar refractivity (Wildman–Crippen MR) is 60.1 cm³/mol. The van der Waals surface area contributed by atoms with E-state index in [1.54, 1.807) is 14.0 Å². The fourth-order valence-corrected chi connectivity index (χ4v) is 1.86. The normalized spacial score (nSPS) is 15.9. The molecule has 0 atom stereocenters. The molecule has 0 radical (unpaired) electrons. The molecule has 0 heterocycles. The molecule has 1 rings (SSSR count). The lowest BCUT2D eigenvalue weighted by atomic mass is 10.2. The van der Waals surface area contributed by atoms with Gasteiger partial charge in [-0.15, -0.1) is 0 Å². The molecular formula is C11H20N2O3. The van der Waals surface area contributed by atoms with Crippen LogP contribution >= 0.6 is 0 Å². The molecule has 92 valence electrons. The van der Waals surface area contributed by atoms with Crippen molar-refractivity contribution in [2.75, 3.05) is 20.2 Å². The first-order chi connectivity index (χ1) is 7.63. The lowest BCUT2D eigenvalue weighted by Crippen LogP contribution is -2.42. The fraction of sp³-hybridized carbons (Fsp3) is 0.818. The average Bonchev–Trinajstić information content (AvgIpc) is 2.70. The summed E-state index contributed by atoms with van der Waals surface area (Å²) < 4.78 is 4.78. The number of amides is 2. The Kier molecular flexibility index (Phi) is 5.08. The van der Waals surface area contributed by atoms with Crippen molar-refractivity contribution in [3.63, 3.8) is 0 Å². The van der Waals surface area contributed by atoms with Crippen LogP contribution in [0.4, 0.5) is 4.79 Å². The first-order valence-corrected chi connectivity index (χ1v) is 5.80. The van der Waals surface area contributed by atoms with E-state index >= 15 is 0 Å². The molecule has 1 aliphatic carbocycles. The summed E-state index contributed by atoms with van der Waals surface area (Å²) in [5.41, 5.74) is 0. The van der Waals surface area contributed by atoms with Gasteiger partial charge in [0.05, 0.1) is 6.61 Å². The Hall–Kier alpha value is -1.26. The van der Waals surface area contributed by atoms with Crippen LogP contribution in [0.2, 0.25) is 0 Å². The summed E-state index contributed by atoms with van der Waals surface area (Å²) in [6.07, 6.45) is 4.00. The largest absolute Gasteiger partial charge is 0.450 e. The monoisotopic (exact) mass is 228 g/mol. The van der Waals surface area contributed by atoms with E-state index < -0.39 is 6.09 Å². The maximum atomic E-state index is 11.6. The van der Waals surface area contributed by atoms with Gasteiger partial charge in [0, 0.05) is 13.1 Å². The maximum absolute atomic E-state index is 11.6. The molecule has 1 aliphatic rings. The van der Waals surface area contributed by atoms with Crippen molar-refractivity contribution in [2.45, 2.75) is 38.6 Å². The van der Waals surface area contributed by atoms with Crippen molar-refractivity contribution in [3.8, 4) is 0 Å². The summed E-state index contributed by atoms with van der Waals surface area (Å²) >= 11 is 0. The third-order valence-corrected chi connectivity index (χ3v) is 2.68. The van der Waals surface area contributed by atoms with Crippen LogP contribution in [0, 0.1) is 0 Å². The smallest absolute Gasteiger partial charge is 0.409 e. The summed E-state index contributed by atoms with van der Waals surface area (Å²) in [5, 5.41) is 2.92. The highest BCUT2D eigenvalue weighted by Crippen LogP contribution is 2.17. The highest BCUT2D eigenvalue weighted by Gasteiger charge is 2.19. The zero-order valence-corrected chi connectivity index (χ0v) is 9.99. The van der Waals surface area contributed by atoms with Gasteiger partial charge in [-0.05, 0) is 19.8 Å². The summed E-state index contributed by atoms with van der Waals surface area (Å²) in [6, 6.07) is 0.295. The Morgan fingerprint density at radius 1 is 1.38 bits per heavy atom. The van der Waals surface area contributed by atoms with Crippen molar-refractivity contribution in [2.24, 2.45) is 0 Å². The van der Waals surface area contributed by atoms with Gasteiger partial charge in [0.1, 0.15) is 6.54 Å². The van der Waals surface area contributed by atoms with Crippen molar-refractivity contribution in [3.05, 3.63) is 0 Å². The van der Waals surface area contributed by atoms with E-state index in [-0.39, 0.29) is 12.5 Å². The number of rotatable bonds is 4. The number of nitrogens with zero attached hydrogens (tertiary/aromatic N) is 1. The predicted octanol–water partition coefficient (Wildman–Crippen LogP) is 1.13. The van der Waals surface area contributed by atoms with Crippen LogP contribution in [0.15, 0.2) is 0 Å². The molecular weight excluding hydrogens is 208 g/mol. The van der Waals surface area contributed by atoms with E-state index in [9.17, 15) is 9.59 Å². The minimum absolute atomic E-state index is 0.0648. The van der Waals surface area contributed by atoms with E-state index in [1.807, 2.05) is 0 Å². The lowest BCUT2D eigenvalue weighted by Gasteiger charge is -2.18. The van der Waals surface area contributed by atoms with Gasteiger partial charge < -0.3 is 15.0 Å². The summed E-state index contributed by atoms with van der Waals surface area (Å²) in [6.45, 7) is 2.13. The molecule has 0 saturated heterocycles. The molecule has 5 nitrogen and oxygen atoms in total. The first kappa shape index (κ1) is 12.8. The SMILES string of the molecule is CCOC(=O)N(C)CC(=O)NC1CCCC1. The number of likely N-dealkylation sites (N-methyl/N-ethyl adjacent to an activating group) is 1. The van der Waals surface area contributed by atoms with Crippen LogP contribution < -0.4 is 5.32 Å². The zero-order valence-electron chi connectivity index (χ0n) is 9.99. The van der Waals surface area contributed by atoms with Crippen molar-refractivity contribution >= 4 is 12.0 Å². The minimum Gasteiger partial charge on any atom is -0.450 e. The first-order valence-electron chi connectivity index (χ1n) is 5.80. The van der Waals surface area contributed by atoms with Crippen LogP contribution in [0.5, 0.6) is 0 Å². The maximum Gasteiger partial charge on any atom is 0.409 e. The van der Waals surface area contributed by atoms with Crippen molar-refractivity contribution in [1.82, 2.24) is 10.2 Å². The Bertz CT molecular complexity index is 250. The van der Waals surface area contributed by atoms with Crippen molar-refractivity contribution in [1.29, 1.82) is 0 Å². The van der Waals surface area contributed by atoms with E-state index in [1.165, 1.54) is 17.7 Å². The van der Waals surface area contributed by atoms with Crippen LogP contribution in [0.25, 0.3) is 0 Å². The topological polar surface area (TPSA) is 58.6 Å². The number of carbonyl (C=O) groups is 2. The van der Waals surface area contributed by atoms with Crippen molar-refractivity contribution < 1.29 is 14.3 Å². The molecule has 1 saturated carbocycles. The fourth-order valence-electron chi connectivity index (χ4n) is 1.86. The number of carbonyl (C=O) groups excluding carboxylic acids is 2. The van der Waals surface area contributed by atoms with Crippen LogP contribution in [-0.4, -0.2) is 43.1 Å². The number of hydrogen-bond donors (Lipinski definition) is 1. The van der Waals surface area contributed by atoms with Crippen LogP contribution in [0.3, 0.4) is 0 Å². The Labute approximate surface area is 96.1 Å². The molecule has 2 amide bonds.